The Morgan fingerprint density at radius 3 is 2.62 bits per heavy atom. The van der Waals surface area contributed by atoms with E-state index in [-0.39, 0.29) is 0 Å². The lowest BCUT2D eigenvalue weighted by Crippen LogP contribution is -2.21. The highest BCUT2D eigenvalue weighted by molar-refractivity contribution is 7.80. The highest BCUT2D eigenvalue weighted by atomic mass is 32.1. The zero-order chi connectivity index (χ0) is 18.5. The van der Waals surface area contributed by atoms with Crippen molar-refractivity contribution in [2.24, 2.45) is 0 Å². The van der Waals surface area contributed by atoms with Crippen molar-refractivity contribution in [3.63, 3.8) is 0 Å². The molecule has 0 aliphatic carbocycles. The number of nitrogens with zero attached hydrogens (tertiary/aromatic N) is 1. The molecule has 0 saturated heterocycles. The van der Waals surface area contributed by atoms with Crippen molar-refractivity contribution in [1.29, 1.82) is 0 Å². The van der Waals surface area contributed by atoms with Gasteiger partial charge in [0.15, 0.2) is 5.11 Å². The number of benzene rings is 1. The van der Waals surface area contributed by atoms with E-state index in [1.165, 1.54) is 18.4 Å². The Balaban J connectivity index is 1.86. The number of anilines is 2. The van der Waals surface area contributed by atoms with Crippen LogP contribution in [0.5, 0.6) is 0 Å². The fraction of sp³-hybridized carbons (Fsp3) is 0.105. The van der Waals surface area contributed by atoms with Gasteiger partial charge in [0.25, 0.3) is 0 Å². The minimum absolute atomic E-state index is 0.360. The van der Waals surface area contributed by atoms with E-state index in [9.17, 15) is 4.79 Å². The van der Waals surface area contributed by atoms with Crippen molar-refractivity contribution in [3.8, 4) is 10.4 Å². The molecular weight excluding hydrogens is 366 g/mol. The summed E-state index contributed by atoms with van der Waals surface area (Å²) in [6, 6.07) is 15.4. The normalized spacial score (nSPS) is 10.2. The number of thiocarbonyl (C=S) groups is 1. The SMILES string of the molecule is COC(=O)c1cc(-c2ccccc2)sc1NC(=S)Nc1ncccc1C. The number of methoxy groups -OCH3 is 1. The molecule has 0 fully saturated rings. The Hall–Kier alpha value is -2.77. The predicted molar refractivity (Wildman–Crippen MR) is 110 cm³/mol. The van der Waals surface area contributed by atoms with Crippen molar-refractivity contribution in [2.45, 2.75) is 6.92 Å². The Kier molecular flexibility index (Phi) is 5.60. The smallest absolute Gasteiger partial charge is 0.340 e. The maximum atomic E-state index is 12.1. The number of rotatable bonds is 4. The molecule has 0 atom stereocenters. The molecule has 3 aromatic rings. The van der Waals surface area contributed by atoms with Crippen LogP contribution in [-0.4, -0.2) is 23.2 Å². The molecule has 1 aromatic carbocycles. The Bertz CT molecular complexity index is 939. The van der Waals surface area contributed by atoms with Crippen molar-refractivity contribution in [1.82, 2.24) is 4.98 Å². The fourth-order valence-electron chi connectivity index (χ4n) is 2.35. The summed E-state index contributed by atoms with van der Waals surface area (Å²) in [5.74, 6) is 0.257. The first-order valence-electron chi connectivity index (χ1n) is 7.85. The lowest BCUT2D eigenvalue weighted by atomic mass is 10.1. The molecule has 132 valence electrons. The van der Waals surface area contributed by atoms with Gasteiger partial charge in [0, 0.05) is 11.1 Å². The molecule has 0 amide bonds. The number of carbonyl (C=O) groups is 1. The van der Waals surface area contributed by atoms with Crippen molar-refractivity contribution < 1.29 is 9.53 Å². The van der Waals surface area contributed by atoms with Gasteiger partial charge < -0.3 is 15.4 Å². The van der Waals surface area contributed by atoms with Crippen LogP contribution in [0.15, 0.2) is 54.7 Å². The number of carbonyl (C=O) groups excluding carboxylic acids is 1. The summed E-state index contributed by atoms with van der Waals surface area (Å²) >= 11 is 6.82. The molecular formula is C19H17N3O2S2. The van der Waals surface area contributed by atoms with Crippen LogP contribution in [0.3, 0.4) is 0 Å². The molecule has 0 radical (unpaired) electrons. The number of pyridine rings is 1. The number of hydrogen-bond donors (Lipinski definition) is 2. The summed E-state index contributed by atoms with van der Waals surface area (Å²) in [5.41, 5.74) is 2.44. The molecule has 2 aromatic heterocycles. The van der Waals surface area contributed by atoms with Gasteiger partial charge in [0.2, 0.25) is 0 Å². The zero-order valence-corrected chi connectivity index (χ0v) is 15.9. The van der Waals surface area contributed by atoms with Gasteiger partial charge in [0.1, 0.15) is 10.8 Å². The maximum absolute atomic E-state index is 12.1. The number of ether oxygens (including phenoxy) is 1. The average Bonchev–Trinajstić information content (AvgIpc) is 3.07. The predicted octanol–water partition coefficient (Wildman–Crippen LogP) is 4.71. The van der Waals surface area contributed by atoms with Crippen molar-refractivity contribution in [3.05, 3.63) is 65.9 Å². The van der Waals surface area contributed by atoms with E-state index in [1.807, 2.05) is 55.5 Å². The van der Waals surface area contributed by atoms with Gasteiger partial charge in [-0.2, -0.15) is 0 Å². The van der Waals surface area contributed by atoms with E-state index in [1.54, 1.807) is 6.20 Å². The van der Waals surface area contributed by atoms with E-state index >= 15 is 0 Å². The van der Waals surface area contributed by atoms with Crippen LogP contribution in [-0.2, 0) is 4.74 Å². The highest BCUT2D eigenvalue weighted by Gasteiger charge is 2.18. The molecule has 0 bridgehead atoms. The van der Waals surface area contributed by atoms with Gasteiger partial charge in [-0.3, -0.25) is 0 Å². The summed E-state index contributed by atoms with van der Waals surface area (Å²) in [5, 5.41) is 7.13. The van der Waals surface area contributed by atoms with Gasteiger partial charge in [0.05, 0.1) is 12.7 Å². The van der Waals surface area contributed by atoms with E-state index < -0.39 is 5.97 Å². The molecule has 5 nitrogen and oxygen atoms in total. The van der Waals surface area contributed by atoms with Crippen LogP contribution in [0.25, 0.3) is 10.4 Å². The summed E-state index contributed by atoms with van der Waals surface area (Å²) in [6.07, 6.45) is 1.69. The largest absolute Gasteiger partial charge is 0.465 e. The number of hydrogen-bond acceptors (Lipinski definition) is 5. The Labute approximate surface area is 161 Å². The molecule has 2 heterocycles. The van der Waals surface area contributed by atoms with E-state index in [0.29, 0.717) is 21.5 Å². The van der Waals surface area contributed by atoms with Crippen LogP contribution in [0, 0.1) is 6.92 Å². The minimum Gasteiger partial charge on any atom is -0.465 e. The third-order valence-corrected chi connectivity index (χ3v) is 4.97. The Morgan fingerprint density at radius 1 is 1.15 bits per heavy atom. The molecule has 0 unspecified atom stereocenters. The van der Waals surface area contributed by atoms with Crippen LogP contribution in [0.1, 0.15) is 15.9 Å². The van der Waals surface area contributed by atoms with Gasteiger partial charge in [-0.05, 0) is 42.4 Å². The molecule has 0 saturated carbocycles. The number of aromatic nitrogens is 1. The van der Waals surface area contributed by atoms with Crippen LogP contribution in [0.2, 0.25) is 0 Å². The molecule has 7 heteroatoms. The molecule has 2 N–H and O–H groups in total. The number of nitrogens with one attached hydrogen (secondary N) is 2. The molecule has 26 heavy (non-hydrogen) atoms. The van der Waals surface area contributed by atoms with Crippen LogP contribution in [0.4, 0.5) is 10.8 Å². The monoisotopic (exact) mass is 383 g/mol. The third-order valence-electron chi connectivity index (χ3n) is 3.66. The van der Waals surface area contributed by atoms with Gasteiger partial charge in [-0.25, -0.2) is 9.78 Å². The lowest BCUT2D eigenvalue weighted by Gasteiger charge is -2.11. The van der Waals surface area contributed by atoms with E-state index in [0.717, 1.165) is 16.0 Å². The third kappa shape index (κ3) is 4.07. The molecule has 0 aliphatic heterocycles. The molecule has 0 spiro atoms. The molecule has 0 aliphatic rings. The average molecular weight is 383 g/mol. The number of aryl methyl sites for hydroxylation is 1. The summed E-state index contributed by atoms with van der Waals surface area (Å²) in [4.78, 5) is 17.4. The second kappa shape index (κ2) is 8.07. The maximum Gasteiger partial charge on any atom is 0.340 e. The first kappa shape index (κ1) is 18.0. The summed E-state index contributed by atoms with van der Waals surface area (Å²) in [6.45, 7) is 1.94. The summed E-state index contributed by atoms with van der Waals surface area (Å²) < 4.78 is 4.90. The zero-order valence-electron chi connectivity index (χ0n) is 14.3. The summed E-state index contributed by atoms with van der Waals surface area (Å²) in [7, 11) is 1.36. The van der Waals surface area contributed by atoms with E-state index in [4.69, 9.17) is 17.0 Å². The first-order valence-corrected chi connectivity index (χ1v) is 9.08. The standard InChI is InChI=1S/C19H17N3O2S2/c1-12-7-6-10-20-16(12)21-19(25)22-17-14(18(23)24-2)11-15(26-17)13-8-4-3-5-9-13/h3-11H,1-2H3,(H2,20,21,22,25). The number of esters is 1. The fourth-order valence-corrected chi connectivity index (χ4v) is 3.67. The van der Waals surface area contributed by atoms with Crippen molar-refractivity contribution >= 4 is 45.5 Å². The van der Waals surface area contributed by atoms with Gasteiger partial charge in [-0.15, -0.1) is 11.3 Å². The molecule has 3 rings (SSSR count). The van der Waals surface area contributed by atoms with Crippen LogP contribution >= 0.6 is 23.6 Å². The topological polar surface area (TPSA) is 63.2 Å². The second-order valence-corrected chi connectivity index (χ2v) is 6.92. The van der Waals surface area contributed by atoms with Gasteiger partial charge in [-0.1, -0.05) is 36.4 Å². The van der Waals surface area contributed by atoms with Crippen LogP contribution < -0.4 is 10.6 Å². The Morgan fingerprint density at radius 2 is 1.92 bits per heavy atom. The first-order chi connectivity index (χ1) is 12.6. The minimum atomic E-state index is -0.414. The van der Waals surface area contributed by atoms with Gasteiger partial charge >= 0.3 is 5.97 Å². The highest BCUT2D eigenvalue weighted by Crippen LogP contribution is 2.36. The van der Waals surface area contributed by atoms with E-state index in [2.05, 4.69) is 15.6 Å². The second-order valence-electron chi connectivity index (χ2n) is 5.46. The van der Waals surface area contributed by atoms with Crippen molar-refractivity contribution in [2.75, 3.05) is 17.7 Å². The number of thiophene rings is 1. The lowest BCUT2D eigenvalue weighted by molar-refractivity contribution is 0.0602. The quantitative estimate of drug-likeness (QED) is 0.502.